The molecule has 0 radical (unpaired) electrons. The molecule has 0 fully saturated rings. The fourth-order valence-corrected chi connectivity index (χ4v) is 2.87. The first kappa shape index (κ1) is 21.5. The Morgan fingerprint density at radius 1 is 1.11 bits per heavy atom. The smallest absolute Gasteiger partial charge is 0.257 e. The van der Waals surface area contributed by atoms with Gasteiger partial charge >= 0.3 is 0 Å². The number of carbonyl (C=O) groups excluding carboxylic acids is 1. The summed E-state index contributed by atoms with van der Waals surface area (Å²) in [7, 11) is 0. The number of rotatable bonds is 5. The van der Waals surface area contributed by atoms with Gasteiger partial charge in [-0.25, -0.2) is 18.7 Å². The number of aromatic nitrogens is 2. The van der Waals surface area contributed by atoms with Gasteiger partial charge in [-0.3, -0.25) is 4.79 Å². The van der Waals surface area contributed by atoms with Gasteiger partial charge in [-0.05, 0) is 45.0 Å². The van der Waals surface area contributed by atoms with Crippen molar-refractivity contribution in [3.8, 4) is 0 Å². The largest absolute Gasteiger partial charge is 0.354 e. The van der Waals surface area contributed by atoms with E-state index in [4.69, 9.17) is 0 Å². The number of nitrogens with one attached hydrogen (secondary N) is 1. The van der Waals surface area contributed by atoms with Crippen LogP contribution in [0.2, 0.25) is 0 Å². The summed E-state index contributed by atoms with van der Waals surface area (Å²) in [5.41, 5.74) is 2.40. The quantitative estimate of drug-likeness (QED) is 0.657. The van der Waals surface area contributed by atoms with Crippen molar-refractivity contribution < 1.29 is 13.6 Å². The molecule has 0 aliphatic carbocycles. The molecule has 1 N–H and O–H groups in total. The predicted octanol–water partition coefficient (Wildman–Crippen LogP) is 4.86. The van der Waals surface area contributed by atoms with Crippen molar-refractivity contribution in [2.24, 2.45) is 0 Å². The third-order valence-electron chi connectivity index (χ3n) is 4.34. The molecule has 148 valence electrons. The van der Waals surface area contributed by atoms with Crippen molar-refractivity contribution in [3.05, 3.63) is 59.4 Å². The molecule has 2 heterocycles. The van der Waals surface area contributed by atoms with E-state index in [1.165, 1.54) is 12.3 Å². The van der Waals surface area contributed by atoms with E-state index < -0.39 is 11.6 Å². The van der Waals surface area contributed by atoms with Crippen LogP contribution in [0, 0.1) is 18.6 Å². The standard InChI is InChI=1S/C20H20F2N4O.ClH/c1-4-26(5-2)20(27)15-11-23-19-14(8-6-12(3)24-19)18(15)25-13-7-9-16(21)17(22)10-13;/h6-11H,4-5H2,1-3H3,(H,23,24,25);1H. The van der Waals surface area contributed by atoms with E-state index in [1.807, 2.05) is 32.9 Å². The second kappa shape index (κ2) is 8.93. The molecule has 0 aliphatic heterocycles. The minimum absolute atomic E-state index is 0. The van der Waals surface area contributed by atoms with Crippen molar-refractivity contribution in [1.29, 1.82) is 0 Å². The molecule has 0 saturated heterocycles. The lowest BCUT2D eigenvalue weighted by molar-refractivity contribution is 0.0773. The summed E-state index contributed by atoms with van der Waals surface area (Å²) in [4.78, 5) is 23.3. The molecule has 0 spiro atoms. The molecule has 0 unspecified atom stereocenters. The van der Waals surface area contributed by atoms with Crippen molar-refractivity contribution in [1.82, 2.24) is 14.9 Å². The lowest BCUT2D eigenvalue weighted by atomic mass is 10.1. The number of anilines is 2. The number of hydrogen-bond donors (Lipinski definition) is 1. The molecule has 2 aromatic heterocycles. The summed E-state index contributed by atoms with van der Waals surface area (Å²) < 4.78 is 26.9. The number of aryl methyl sites for hydroxylation is 1. The molecular formula is C20H21ClF2N4O. The molecule has 3 rings (SSSR count). The molecule has 1 amide bonds. The van der Waals surface area contributed by atoms with Gasteiger partial charge in [0.15, 0.2) is 17.3 Å². The van der Waals surface area contributed by atoms with E-state index >= 15 is 0 Å². The monoisotopic (exact) mass is 406 g/mol. The van der Waals surface area contributed by atoms with Crippen molar-refractivity contribution >= 4 is 40.7 Å². The van der Waals surface area contributed by atoms with Crippen LogP contribution in [-0.2, 0) is 0 Å². The van der Waals surface area contributed by atoms with Crippen LogP contribution < -0.4 is 5.32 Å². The molecule has 28 heavy (non-hydrogen) atoms. The maximum atomic E-state index is 13.6. The minimum atomic E-state index is -0.969. The summed E-state index contributed by atoms with van der Waals surface area (Å²) >= 11 is 0. The van der Waals surface area contributed by atoms with E-state index in [0.29, 0.717) is 41.1 Å². The Labute approximate surface area is 168 Å². The first-order chi connectivity index (χ1) is 12.9. The van der Waals surface area contributed by atoms with E-state index in [-0.39, 0.29) is 18.3 Å². The van der Waals surface area contributed by atoms with E-state index in [1.54, 1.807) is 4.90 Å². The molecule has 3 aromatic rings. The minimum Gasteiger partial charge on any atom is -0.354 e. The van der Waals surface area contributed by atoms with Gasteiger partial charge in [-0.1, -0.05) is 0 Å². The van der Waals surface area contributed by atoms with Crippen molar-refractivity contribution in [2.75, 3.05) is 18.4 Å². The summed E-state index contributed by atoms with van der Waals surface area (Å²) in [6.07, 6.45) is 1.47. The normalized spacial score (nSPS) is 10.5. The topological polar surface area (TPSA) is 58.1 Å². The second-order valence-corrected chi connectivity index (χ2v) is 6.10. The fraction of sp³-hybridized carbons (Fsp3) is 0.250. The summed E-state index contributed by atoms with van der Waals surface area (Å²) in [5.74, 6) is -2.10. The van der Waals surface area contributed by atoms with Gasteiger partial charge in [-0.15, -0.1) is 12.4 Å². The SMILES string of the molecule is CCN(CC)C(=O)c1cnc2nc(C)ccc2c1Nc1ccc(F)c(F)c1.Cl. The first-order valence-corrected chi connectivity index (χ1v) is 8.72. The Balaban J connectivity index is 0.00000280. The molecule has 8 heteroatoms. The first-order valence-electron chi connectivity index (χ1n) is 8.72. The Morgan fingerprint density at radius 2 is 1.82 bits per heavy atom. The average Bonchev–Trinajstić information content (AvgIpc) is 2.65. The zero-order chi connectivity index (χ0) is 19.6. The van der Waals surface area contributed by atoms with E-state index in [2.05, 4.69) is 15.3 Å². The van der Waals surface area contributed by atoms with Crippen LogP contribution in [0.4, 0.5) is 20.2 Å². The summed E-state index contributed by atoms with van der Waals surface area (Å²) in [6.45, 7) is 6.72. The number of carbonyl (C=O) groups is 1. The highest BCUT2D eigenvalue weighted by Crippen LogP contribution is 2.30. The number of fused-ring (bicyclic) bond motifs is 1. The van der Waals surface area contributed by atoms with Crippen LogP contribution in [0.3, 0.4) is 0 Å². The van der Waals surface area contributed by atoms with Gasteiger partial charge in [0.25, 0.3) is 5.91 Å². The molecular weight excluding hydrogens is 386 g/mol. The Hall–Kier alpha value is -2.80. The van der Waals surface area contributed by atoms with Crippen LogP contribution in [0.25, 0.3) is 11.0 Å². The van der Waals surface area contributed by atoms with Crippen molar-refractivity contribution in [2.45, 2.75) is 20.8 Å². The van der Waals surface area contributed by atoms with E-state index in [9.17, 15) is 13.6 Å². The highest BCUT2D eigenvalue weighted by atomic mass is 35.5. The second-order valence-electron chi connectivity index (χ2n) is 6.10. The van der Waals surface area contributed by atoms with Gasteiger partial charge in [0, 0.05) is 42.1 Å². The van der Waals surface area contributed by atoms with Crippen LogP contribution in [0.5, 0.6) is 0 Å². The average molecular weight is 407 g/mol. The van der Waals surface area contributed by atoms with Crippen LogP contribution in [-0.4, -0.2) is 33.9 Å². The van der Waals surface area contributed by atoms with Crippen molar-refractivity contribution in [3.63, 3.8) is 0 Å². The molecule has 1 aromatic carbocycles. The number of nitrogens with zero attached hydrogens (tertiary/aromatic N) is 3. The van der Waals surface area contributed by atoms with Gasteiger partial charge < -0.3 is 10.2 Å². The zero-order valence-electron chi connectivity index (χ0n) is 15.8. The number of amides is 1. The molecule has 0 bridgehead atoms. The number of benzene rings is 1. The van der Waals surface area contributed by atoms with Crippen LogP contribution in [0.1, 0.15) is 29.9 Å². The summed E-state index contributed by atoms with van der Waals surface area (Å²) in [5, 5.41) is 3.68. The zero-order valence-corrected chi connectivity index (χ0v) is 16.6. The third kappa shape index (κ3) is 4.20. The van der Waals surface area contributed by atoms with Gasteiger partial charge in [0.2, 0.25) is 0 Å². The molecule has 0 saturated carbocycles. The number of pyridine rings is 2. The summed E-state index contributed by atoms with van der Waals surface area (Å²) in [6, 6.07) is 7.13. The Kier molecular flexibility index (Phi) is 6.85. The number of hydrogen-bond acceptors (Lipinski definition) is 4. The third-order valence-corrected chi connectivity index (χ3v) is 4.34. The van der Waals surface area contributed by atoms with E-state index in [0.717, 1.165) is 17.8 Å². The lowest BCUT2D eigenvalue weighted by Crippen LogP contribution is -2.31. The molecule has 0 atom stereocenters. The lowest BCUT2D eigenvalue weighted by Gasteiger charge is -2.21. The molecule has 0 aliphatic rings. The van der Waals surface area contributed by atoms with Gasteiger partial charge in [0.1, 0.15) is 0 Å². The van der Waals surface area contributed by atoms with Crippen LogP contribution >= 0.6 is 12.4 Å². The Morgan fingerprint density at radius 3 is 2.46 bits per heavy atom. The van der Waals surface area contributed by atoms with Gasteiger partial charge in [0.05, 0.1) is 11.3 Å². The maximum Gasteiger partial charge on any atom is 0.257 e. The Bertz CT molecular complexity index is 1010. The van der Waals surface area contributed by atoms with Crippen LogP contribution in [0.15, 0.2) is 36.5 Å². The van der Waals surface area contributed by atoms with Gasteiger partial charge in [-0.2, -0.15) is 0 Å². The number of halogens is 3. The highest BCUT2D eigenvalue weighted by molar-refractivity contribution is 6.07. The highest BCUT2D eigenvalue weighted by Gasteiger charge is 2.20. The predicted molar refractivity (Wildman–Crippen MR) is 108 cm³/mol. The maximum absolute atomic E-state index is 13.6. The fourth-order valence-electron chi connectivity index (χ4n) is 2.87. The molecule has 5 nitrogen and oxygen atoms in total.